The molecule has 3 unspecified atom stereocenters. The van der Waals surface area contributed by atoms with Gasteiger partial charge >= 0.3 is 5.97 Å². The molecular weight excluding hydrogens is 480 g/mol. The van der Waals surface area contributed by atoms with Crippen molar-refractivity contribution in [2.45, 2.75) is 90.1 Å². The number of methoxy groups -OCH3 is 2. The van der Waals surface area contributed by atoms with E-state index in [1.54, 1.807) is 13.8 Å². The van der Waals surface area contributed by atoms with Crippen LogP contribution in [0.2, 0.25) is 0 Å². The average Bonchev–Trinajstić information content (AvgIpc) is 2.90. The minimum Gasteiger partial charge on any atom is -0.462 e. The highest BCUT2D eigenvalue weighted by atomic mass is 16.7. The molecule has 2 aromatic carbocycles. The molecule has 6 nitrogen and oxygen atoms in total. The molecule has 0 radical (unpaired) electrons. The number of hydrogen-bond donors (Lipinski definition) is 1. The molecule has 0 heterocycles. The van der Waals surface area contributed by atoms with Crippen LogP contribution in [0.15, 0.2) is 42.5 Å². The van der Waals surface area contributed by atoms with Gasteiger partial charge in [-0.25, -0.2) is 0 Å². The van der Waals surface area contributed by atoms with Crippen molar-refractivity contribution in [2.24, 2.45) is 23.2 Å². The van der Waals surface area contributed by atoms with E-state index in [-0.39, 0.29) is 36.1 Å². The summed E-state index contributed by atoms with van der Waals surface area (Å²) >= 11 is 0. The molecule has 2 aliphatic rings. The number of hydrogen-bond acceptors (Lipinski definition) is 6. The van der Waals surface area contributed by atoms with Gasteiger partial charge < -0.3 is 19.3 Å². The van der Waals surface area contributed by atoms with Gasteiger partial charge in [0.2, 0.25) is 0 Å². The summed E-state index contributed by atoms with van der Waals surface area (Å²) in [5, 5.41) is 14.4. The fourth-order valence-corrected chi connectivity index (χ4v) is 7.05. The van der Waals surface area contributed by atoms with Crippen LogP contribution in [0.4, 0.5) is 0 Å². The third-order valence-corrected chi connectivity index (χ3v) is 9.87. The SMILES string of the molecule is COC(OC)C1(O)C(C)C(=O)CCC1(C)C(=O)O[C@@H]1C[C@H](C)CC[C@H]1C(C)(C)c1ccc2ccccc2c1. The average molecular weight is 525 g/mol. The number of carbonyl (C=O) groups excluding carboxylic acids is 2. The minimum absolute atomic E-state index is 0.101. The van der Waals surface area contributed by atoms with E-state index in [1.807, 2.05) is 6.07 Å². The number of benzene rings is 2. The third-order valence-electron chi connectivity index (χ3n) is 9.87. The largest absolute Gasteiger partial charge is 0.462 e. The van der Waals surface area contributed by atoms with Crippen LogP contribution in [-0.4, -0.2) is 49.1 Å². The Balaban J connectivity index is 1.67. The van der Waals surface area contributed by atoms with Gasteiger partial charge in [-0.05, 0) is 53.9 Å². The van der Waals surface area contributed by atoms with Gasteiger partial charge in [-0.15, -0.1) is 0 Å². The van der Waals surface area contributed by atoms with Crippen molar-refractivity contribution in [3.8, 4) is 0 Å². The summed E-state index contributed by atoms with van der Waals surface area (Å²) in [7, 11) is 2.82. The maximum atomic E-state index is 14.1. The Kier molecular flexibility index (Phi) is 8.09. The molecule has 2 aliphatic carbocycles. The number of rotatable bonds is 7. The fourth-order valence-electron chi connectivity index (χ4n) is 7.05. The molecule has 208 valence electrons. The monoisotopic (exact) mass is 524 g/mol. The number of carbonyl (C=O) groups is 2. The summed E-state index contributed by atoms with van der Waals surface area (Å²) in [6.07, 6.45) is 1.68. The summed E-state index contributed by atoms with van der Waals surface area (Å²) in [5.41, 5.74) is -2.25. The summed E-state index contributed by atoms with van der Waals surface area (Å²) in [6, 6.07) is 14.9. The van der Waals surface area contributed by atoms with Crippen molar-refractivity contribution >= 4 is 22.5 Å². The lowest BCUT2D eigenvalue weighted by Crippen LogP contribution is -2.67. The van der Waals surface area contributed by atoms with Crippen LogP contribution >= 0.6 is 0 Å². The van der Waals surface area contributed by atoms with Crippen LogP contribution in [0.3, 0.4) is 0 Å². The first kappa shape index (κ1) is 28.7. The quantitative estimate of drug-likeness (QED) is 0.363. The van der Waals surface area contributed by atoms with Gasteiger partial charge in [0, 0.05) is 32.5 Å². The zero-order valence-corrected chi connectivity index (χ0v) is 24.0. The zero-order valence-electron chi connectivity index (χ0n) is 24.0. The summed E-state index contributed by atoms with van der Waals surface area (Å²) in [4.78, 5) is 26.8. The molecule has 0 saturated heterocycles. The molecule has 0 aliphatic heterocycles. The van der Waals surface area contributed by atoms with Crippen LogP contribution in [-0.2, 0) is 29.2 Å². The van der Waals surface area contributed by atoms with E-state index in [0.717, 1.165) is 19.3 Å². The Labute approximate surface area is 227 Å². The maximum absolute atomic E-state index is 14.1. The number of ether oxygens (including phenoxy) is 3. The van der Waals surface area contributed by atoms with Gasteiger partial charge in [-0.2, -0.15) is 0 Å². The highest BCUT2D eigenvalue weighted by molar-refractivity contribution is 5.88. The highest BCUT2D eigenvalue weighted by Crippen LogP contribution is 2.51. The van der Waals surface area contributed by atoms with Crippen molar-refractivity contribution in [3.63, 3.8) is 0 Å². The van der Waals surface area contributed by atoms with E-state index in [9.17, 15) is 14.7 Å². The molecule has 4 rings (SSSR count). The van der Waals surface area contributed by atoms with E-state index in [2.05, 4.69) is 57.2 Å². The molecule has 1 N–H and O–H groups in total. The van der Waals surface area contributed by atoms with Crippen LogP contribution in [0, 0.1) is 23.2 Å². The van der Waals surface area contributed by atoms with E-state index >= 15 is 0 Å². The standard InChI is InChI=1S/C32H44O6/c1-20-12-15-25(30(3,4)24-14-13-22-10-8-9-11-23(22)19-24)27(18-20)38-28(34)31(5)17-16-26(33)21(2)32(31,35)29(36-6)37-7/h8-11,13-14,19-21,25,27,29,35H,12,15-18H2,1-7H3/t20-,21?,25-,27-,31?,32?/m1/s1. The molecule has 6 atom stereocenters. The predicted octanol–water partition coefficient (Wildman–Crippen LogP) is 5.82. The molecule has 0 bridgehead atoms. The maximum Gasteiger partial charge on any atom is 0.315 e. The second-order valence-electron chi connectivity index (χ2n) is 12.4. The van der Waals surface area contributed by atoms with Gasteiger partial charge in [0.05, 0.1) is 5.41 Å². The lowest BCUT2D eigenvalue weighted by Gasteiger charge is -2.52. The van der Waals surface area contributed by atoms with Gasteiger partial charge in [-0.1, -0.05) is 76.6 Å². The lowest BCUT2D eigenvalue weighted by atomic mass is 9.58. The second-order valence-corrected chi connectivity index (χ2v) is 12.4. The molecule has 6 heteroatoms. The number of esters is 1. The Morgan fingerprint density at radius 3 is 2.37 bits per heavy atom. The second kappa shape index (κ2) is 10.7. The molecule has 0 aromatic heterocycles. The Morgan fingerprint density at radius 2 is 1.71 bits per heavy atom. The number of aliphatic hydroxyl groups is 1. The Hall–Kier alpha value is -2.28. The number of fused-ring (bicyclic) bond motifs is 1. The van der Waals surface area contributed by atoms with Crippen molar-refractivity contribution in [2.75, 3.05) is 14.2 Å². The van der Waals surface area contributed by atoms with Crippen LogP contribution in [0.1, 0.15) is 72.3 Å². The number of Topliss-reactive ketones (excluding diaryl/α,β-unsaturated/α-hetero) is 1. The summed E-state index contributed by atoms with van der Waals surface area (Å²) < 4.78 is 17.3. The first-order chi connectivity index (χ1) is 17.9. The van der Waals surface area contributed by atoms with Gasteiger partial charge in [0.25, 0.3) is 0 Å². The molecular formula is C32H44O6. The highest BCUT2D eigenvalue weighted by Gasteiger charge is 2.65. The Bertz CT molecular complexity index is 1170. The molecule has 38 heavy (non-hydrogen) atoms. The normalized spacial score (nSPS) is 32.5. The topological polar surface area (TPSA) is 82.1 Å². The fraction of sp³-hybridized carbons (Fsp3) is 0.625. The molecule has 2 aromatic rings. The van der Waals surface area contributed by atoms with Gasteiger partial charge in [0.15, 0.2) is 6.29 Å². The van der Waals surface area contributed by atoms with Gasteiger partial charge in [0.1, 0.15) is 17.5 Å². The molecule has 2 saturated carbocycles. The van der Waals surface area contributed by atoms with Crippen LogP contribution < -0.4 is 0 Å². The van der Waals surface area contributed by atoms with E-state index < -0.39 is 29.2 Å². The van der Waals surface area contributed by atoms with Crippen molar-refractivity contribution in [1.82, 2.24) is 0 Å². The first-order valence-corrected chi connectivity index (χ1v) is 13.9. The van der Waals surface area contributed by atoms with Crippen LogP contribution in [0.5, 0.6) is 0 Å². The zero-order chi connectivity index (χ0) is 27.9. The van der Waals surface area contributed by atoms with Crippen molar-refractivity contribution in [3.05, 3.63) is 48.0 Å². The van der Waals surface area contributed by atoms with E-state index in [4.69, 9.17) is 14.2 Å². The first-order valence-electron chi connectivity index (χ1n) is 13.9. The van der Waals surface area contributed by atoms with Crippen LogP contribution in [0.25, 0.3) is 10.8 Å². The van der Waals surface area contributed by atoms with Gasteiger partial charge in [-0.3, -0.25) is 9.59 Å². The predicted molar refractivity (Wildman–Crippen MR) is 148 cm³/mol. The summed E-state index contributed by atoms with van der Waals surface area (Å²) in [6.45, 7) is 10.0. The summed E-state index contributed by atoms with van der Waals surface area (Å²) in [5.74, 6) is -0.923. The third kappa shape index (κ3) is 4.69. The molecule has 2 fully saturated rings. The van der Waals surface area contributed by atoms with E-state index in [0.29, 0.717) is 5.92 Å². The van der Waals surface area contributed by atoms with Crippen molar-refractivity contribution < 1.29 is 28.9 Å². The smallest absolute Gasteiger partial charge is 0.315 e. The van der Waals surface area contributed by atoms with E-state index in [1.165, 1.54) is 30.6 Å². The lowest BCUT2D eigenvalue weighted by molar-refractivity contribution is -0.280. The van der Waals surface area contributed by atoms with Crippen molar-refractivity contribution in [1.29, 1.82) is 0 Å². The molecule has 0 amide bonds. The Morgan fingerprint density at radius 1 is 1.05 bits per heavy atom. The molecule has 0 spiro atoms. The number of ketones is 1. The minimum atomic E-state index is -1.85.